The molecule has 6 heteroatoms. The van der Waals surface area contributed by atoms with E-state index in [1.165, 1.54) is 0 Å². The molecule has 1 atom stereocenters. The molecule has 3 heterocycles. The van der Waals surface area contributed by atoms with Crippen LogP contribution in [0.3, 0.4) is 0 Å². The van der Waals surface area contributed by atoms with Crippen LogP contribution in [0.25, 0.3) is 11.0 Å². The van der Waals surface area contributed by atoms with Gasteiger partial charge in [0.15, 0.2) is 5.76 Å². The molecule has 2 aromatic carbocycles. The number of hydrogen-bond acceptors (Lipinski definition) is 4. The van der Waals surface area contributed by atoms with Crippen molar-refractivity contribution >= 4 is 28.5 Å². The summed E-state index contributed by atoms with van der Waals surface area (Å²) in [6.07, 6.45) is 4.02. The van der Waals surface area contributed by atoms with E-state index in [0.717, 1.165) is 36.0 Å². The first-order valence-electron chi connectivity index (χ1n) is 10.8. The van der Waals surface area contributed by atoms with E-state index in [1.54, 1.807) is 12.3 Å². The summed E-state index contributed by atoms with van der Waals surface area (Å²) >= 11 is 0. The number of rotatable bonds is 5. The minimum Gasteiger partial charge on any atom is -0.451 e. The molecule has 2 aromatic heterocycles. The summed E-state index contributed by atoms with van der Waals surface area (Å²) in [5, 5.41) is 3.73. The largest absolute Gasteiger partial charge is 0.451 e. The second-order valence-electron chi connectivity index (χ2n) is 7.98. The first kappa shape index (κ1) is 20.0. The summed E-state index contributed by atoms with van der Waals surface area (Å²) in [5.74, 6) is 0.0533. The number of amides is 2. The van der Waals surface area contributed by atoms with Crippen molar-refractivity contribution in [1.29, 1.82) is 0 Å². The second kappa shape index (κ2) is 8.67. The fraction of sp³-hybridized carbons (Fsp3) is 0.192. The number of nitrogens with one attached hydrogen (secondary N) is 1. The lowest BCUT2D eigenvalue weighted by Gasteiger charge is -2.24. The Morgan fingerprint density at radius 1 is 1.03 bits per heavy atom. The monoisotopic (exact) mass is 425 g/mol. The summed E-state index contributed by atoms with van der Waals surface area (Å²) in [7, 11) is 0. The van der Waals surface area contributed by atoms with E-state index in [9.17, 15) is 9.59 Å². The maximum atomic E-state index is 12.9. The van der Waals surface area contributed by atoms with Gasteiger partial charge >= 0.3 is 0 Å². The molecule has 160 valence electrons. The van der Waals surface area contributed by atoms with E-state index in [-0.39, 0.29) is 23.6 Å². The van der Waals surface area contributed by atoms with Gasteiger partial charge in [-0.1, -0.05) is 36.4 Å². The number of aromatic nitrogens is 1. The zero-order valence-corrected chi connectivity index (χ0v) is 17.5. The highest BCUT2D eigenvalue weighted by Gasteiger charge is 2.30. The maximum absolute atomic E-state index is 12.9. The van der Waals surface area contributed by atoms with Gasteiger partial charge in [-0.2, -0.15) is 0 Å². The van der Waals surface area contributed by atoms with E-state index in [4.69, 9.17) is 4.42 Å². The minimum atomic E-state index is -0.305. The summed E-state index contributed by atoms with van der Waals surface area (Å²) in [4.78, 5) is 31.8. The Morgan fingerprint density at radius 3 is 2.62 bits per heavy atom. The molecular formula is C26H23N3O3. The quantitative estimate of drug-likeness (QED) is 0.489. The Kier molecular flexibility index (Phi) is 5.42. The first-order chi connectivity index (χ1) is 15.7. The van der Waals surface area contributed by atoms with Gasteiger partial charge in [-0.25, -0.2) is 0 Å². The van der Waals surface area contributed by atoms with E-state index >= 15 is 0 Å². The van der Waals surface area contributed by atoms with Crippen LogP contribution >= 0.6 is 0 Å². The Balaban J connectivity index is 1.22. The predicted octanol–water partition coefficient (Wildman–Crippen LogP) is 4.99. The zero-order chi connectivity index (χ0) is 21.9. The molecular weight excluding hydrogens is 402 g/mol. The van der Waals surface area contributed by atoms with Crippen LogP contribution in [-0.4, -0.2) is 28.2 Å². The highest BCUT2D eigenvalue weighted by molar-refractivity contribution is 6.04. The molecule has 5 rings (SSSR count). The molecule has 1 N–H and O–H groups in total. The van der Waals surface area contributed by atoms with E-state index in [2.05, 4.69) is 10.3 Å². The average molecular weight is 425 g/mol. The van der Waals surface area contributed by atoms with Crippen molar-refractivity contribution in [3.05, 3.63) is 96.0 Å². The first-order valence-corrected chi connectivity index (χ1v) is 10.8. The summed E-state index contributed by atoms with van der Waals surface area (Å²) in [6, 6.07) is 22.5. The fourth-order valence-electron chi connectivity index (χ4n) is 4.21. The van der Waals surface area contributed by atoms with Crippen molar-refractivity contribution in [3.8, 4) is 0 Å². The number of benzene rings is 2. The number of nitrogens with zero attached hydrogens (tertiary/aromatic N) is 2. The fourth-order valence-corrected chi connectivity index (χ4v) is 4.21. The van der Waals surface area contributed by atoms with E-state index in [0.29, 0.717) is 17.7 Å². The van der Waals surface area contributed by atoms with Gasteiger partial charge in [-0.05, 0) is 54.8 Å². The molecule has 1 fully saturated rings. The molecule has 1 saturated heterocycles. The van der Waals surface area contributed by atoms with Crippen LogP contribution in [-0.2, 0) is 11.2 Å². The van der Waals surface area contributed by atoms with Gasteiger partial charge in [-0.15, -0.1) is 0 Å². The maximum Gasteiger partial charge on any atom is 0.291 e. The number of para-hydroxylation sites is 1. The Morgan fingerprint density at radius 2 is 1.84 bits per heavy atom. The molecule has 0 saturated carbocycles. The van der Waals surface area contributed by atoms with Gasteiger partial charge in [0.05, 0.1) is 18.2 Å². The van der Waals surface area contributed by atoms with Crippen molar-refractivity contribution in [3.63, 3.8) is 0 Å². The highest BCUT2D eigenvalue weighted by atomic mass is 16.3. The van der Waals surface area contributed by atoms with Crippen molar-refractivity contribution < 1.29 is 14.0 Å². The van der Waals surface area contributed by atoms with Crippen molar-refractivity contribution in [2.45, 2.75) is 25.3 Å². The number of fused-ring (bicyclic) bond motifs is 1. The second-order valence-corrected chi connectivity index (χ2v) is 7.98. The van der Waals surface area contributed by atoms with E-state index in [1.807, 2.05) is 71.6 Å². The minimum absolute atomic E-state index is 0.0473. The Hall–Kier alpha value is -3.93. The van der Waals surface area contributed by atoms with Gasteiger partial charge in [0, 0.05) is 23.8 Å². The molecule has 6 nitrogen and oxygen atoms in total. The van der Waals surface area contributed by atoms with Gasteiger partial charge < -0.3 is 14.6 Å². The normalized spacial score (nSPS) is 15.8. The lowest BCUT2D eigenvalue weighted by Crippen LogP contribution is -2.32. The molecule has 1 aliphatic heterocycles. The number of anilines is 1. The van der Waals surface area contributed by atoms with Crippen LogP contribution in [0.2, 0.25) is 0 Å². The van der Waals surface area contributed by atoms with Gasteiger partial charge in [0.25, 0.3) is 5.91 Å². The lowest BCUT2D eigenvalue weighted by atomic mass is 10.1. The number of furan rings is 1. The standard InChI is InChI=1S/C26H23N3O3/c30-25(29-15-5-8-22(29)21-7-3-4-14-27-21)16-18-10-12-20(13-11-18)28-26(31)24-17-19-6-1-2-9-23(19)32-24/h1-4,6-7,9-14,17,22H,5,8,15-16H2,(H,28,31). The van der Waals surface area contributed by atoms with Crippen molar-refractivity contribution in [1.82, 2.24) is 9.88 Å². The van der Waals surface area contributed by atoms with Crippen LogP contribution in [0.4, 0.5) is 5.69 Å². The summed E-state index contributed by atoms with van der Waals surface area (Å²) in [5.41, 5.74) is 3.18. The number of hydrogen-bond donors (Lipinski definition) is 1. The number of likely N-dealkylation sites (tertiary alicyclic amines) is 1. The number of carbonyl (C=O) groups is 2. The van der Waals surface area contributed by atoms with Crippen LogP contribution in [0.15, 0.2) is 83.4 Å². The van der Waals surface area contributed by atoms with Gasteiger partial charge in [-0.3, -0.25) is 14.6 Å². The van der Waals surface area contributed by atoms with Crippen LogP contribution in [0.1, 0.15) is 40.7 Å². The molecule has 0 spiro atoms. The summed E-state index contributed by atoms with van der Waals surface area (Å²) in [6.45, 7) is 0.756. The molecule has 0 bridgehead atoms. The lowest BCUT2D eigenvalue weighted by molar-refractivity contribution is -0.131. The van der Waals surface area contributed by atoms with Crippen molar-refractivity contribution in [2.75, 3.05) is 11.9 Å². The molecule has 1 aliphatic rings. The van der Waals surface area contributed by atoms with Crippen molar-refractivity contribution in [2.24, 2.45) is 0 Å². The van der Waals surface area contributed by atoms with Gasteiger partial charge in [0.2, 0.25) is 5.91 Å². The molecule has 32 heavy (non-hydrogen) atoms. The molecule has 4 aromatic rings. The zero-order valence-electron chi connectivity index (χ0n) is 17.5. The third-order valence-corrected chi connectivity index (χ3v) is 5.82. The predicted molar refractivity (Wildman–Crippen MR) is 122 cm³/mol. The Bertz CT molecular complexity index is 1220. The van der Waals surface area contributed by atoms with E-state index < -0.39 is 0 Å². The average Bonchev–Trinajstić information content (AvgIpc) is 3.48. The molecule has 1 unspecified atom stereocenters. The highest BCUT2D eigenvalue weighted by Crippen LogP contribution is 2.31. The number of pyridine rings is 1. The third-order valence-electron chi connectivity index (χ3n) is 5.82. The van der Waals surface area contributed by atoms with Gasteiger partial charge in [0.1, 0.15) is 5.58 Å². The van der Waals surface area contributed by atoms with Crippen LogP contribution in [0.5, 0.6) is 0 Å². The topological polar surface area (TPSA) is 75.4 Å². The Labute approximate surface area is 185 Å². The number of carbonyl (C=O) groups excluding carboxylic acids is 2. The molecule has 0 radical (unpaired) electrons. The van der Waals surface area contributed by atoms with Crippen LogP contribution < -0.4 is 5.32 Å². The SMILES string of the molecule is O=C(Nc1ccc(CC(=O)N2CCCC2c2ccccn2)cc1)c1cc2ccccc2o1. The smallest absolute Gasteiger partial charge is 0.291 e. The third kappa shape index (κ3) is 4.12. The molecule has 0 aliphatic carbocycles. The summed E-state index contributed by atoms with van der Waals surface area (Å²) < 4.78 is 5.61. The molecule has 2 amide bonds. The van der Waals surface area contributed by atoms with Crippen LogP contribution in [0, 0.1) is 0 Å².